The van der Waals surface area contributed by atoms with Crippen LogP contribution in [0.1, 0.15) is 11.1 Å². The number of nitro benzene ring substituents is 1. The van der Waals surface area contributed by atoms with Gasteiger partial charge in [-0.3, -0.25) is 14.9 Å². The summed E-state index contributed by atoms with van der Waals surface area (Å²) < 4.78 is 0. The Labute approximate surface area is 160 Å². The Kier molecular flexibility index (Phi) is 5.27. The molecule has 1 aliphatic rings. The number of aliphatic imine (C=N–C) groups is 1. The lowest BCUT2D eigenvalue weighted by molar-refractivity contribution is -0.384. The van der Waals surface area contributed by atoms with E-state index in [-0.39, 0.29) is 11.6 Å². The van der Waals surface area contributed by atoms with Gasteiger partial charge < -0.3 is 10.2 Å². The SMILES string of the molecule is Cc1cccc(N=C2NC(=O)C(=Cc3ccc(N(C)C)c([N+](=O)[O-])c3)S2)c1. The van der Waals surface area contributed by atoms with Crippen molar-refractivity contribution in [2.24, 2.45) is 4.99 Å². The normalized spacial score (nSPS) is 16.6. The van der Waals surface area contributed by atoms with Crippen molar-refractivity contribution in [1.29, 1.82) is 0 Å². The van der Waals surface area contributed by atoms with Crippen molar-refractivity contribution in [3.05, 3.63) is 68.6 Å². The Morgan fingerprint density at radius 3 is 2.67 bits per heavy atom. The first kappa shape index (κ1) is 18.7. The van der Waals surface area contributed by atoms with E-state index in [1.165, 1.54) is 17.8 Å². The molecule has 7 nitrogen and oxygen atoms in total. The molecule has 8 heteroatoms. The van der Waals surface area contributed by atoms with Gasteiger partial charge in [0.2, 0.25) is 0 Å². The molecule has 0 unspecified atom stereocenters. The number of amidine groups is 1. The zero-order valence-corrected chi connectivity index (χ0v) is 15.9. The highest BCUT2D eigenvalue weighted by Crippen LogP contribution is 2.32. The van der Waals surface area contributed by atoms with Crippen molar-refractivity contribution in [3.63, 3.8) is 0 Å². The molecule has 1 saturated heterocycles. The molecule has 2 aromatic carbocycles. The highest BCUT2D eigenvalue weighted by atomic mass is 32.2. The summed E-state index contributed by atoms with van der Waals surface area (Å²) in [7, 11) is 3.49. The number of hydrogen-bond acceptors (Lipinski definition) is 6. The van der Waals surface area contributed by atoms with Crippen LogP contribution in [0.3, 0.4) is 0 Å². The molecular formula is C19H18N4O3S. The van der Waals surface area contributed by atoms with E-state index < -0.39 is 4.92 Å². The monoisotopic (exact) mass is 382 g/mol. The second-order valence-electron chi connectivity index (χ2n) is 6.22. The van der Waals surface area contributed by atoms with E-state index in [0.717, 1.165) is 11.3 Å². The van der Waals surface area contributed by atoms with Crippen LogP contribution >= 0.6 is 11.8 Å². The number of hydrogen-bond donors (Lipinski definition) is 1. The molecule has 3 rings (SSSR count). The number of carbonyl (C=O) groups is 1. The Balaban J connectivity index is 1.88. The van der Waals surface area contributed by atoms with Gasteiger partial charge in [0.25, 0.3) is 11.6 Å². The number of amides is 1. The summed E-state index contributed by atoms with van der Waals surface area (Å²) in [5.41, 5.74) is 2.92. The quantitative estimate of drug-likeness (QED) is 0.493. The zero-order chi connectivity index (χ0) is 19.6. The minimum atomic E-state index is -0.427. The third-order valence-electron chi connectivity index (χ3n) is 3.86. The van der Waals surface area contributed by atoms with Crippen LogP contribution in [0.4, 0.5) is 17.1 Å². The Hall–Kier alpha value is -3.13. The second-order valence-corrected chi connectivity index (χ2v) is 7.25. The number of nitrogens with zero attached hydrogens (tertiary/aromatic N) is 3. The van der Waals surface area contributed by atoms with Crippen LogP contribution in [0.15, 0.2) is 52.4 Å². The molecule has 1 amide bonds. The number of nitrogens with one attached hydrogen (secondary N) is 1. The van der Waals surface area contributed by atoms with Crippen molar-refractivity contribution in [2.45, 2.75) is 6.92 Å². The molecule has 2 aromatic rings. The minimum Gasteiger partial charge on any atom is -0.372 e. The fourth-order valence-corrected chi connectivity index (χ4v) is 3.44. The van der Waals surface area contributed by atoms with E-state index in [0.29, 0.717) is 21.3 Å². The van der Waals surface area contributed by atoms with Gasteiger partial charge in [-0.15, -0.1) is 0 Å². The van der Waals surface area contributed by atoms with Gasteiger partial charge in [0.05, 0.1) is 15.5 Å². The van der Waals surface area contributed by atoms with Crippen molar-refractivity contribution in [3.8, 4) is 0 Å². The lowest BCUT2D eigenvalue weighted by Gasteiger charge is -2.12. The summed E-state index contributed by atoms with van der Waals surface area (Å²) in [4.78, 5) is 29.7. The van der Waals surface area contributed by atoms with Crippen LogP contribution in [0.5, 0.6) is 0 Å². The highest BCUT2D eigenvalue weighted by molar-refractivity contribution is 8.18. The topological polar surface area (TPSA) is 87.8 Å². The lowest BCUT2D eigenvalue weighted by Crippen LogP contribution is -2.19. The van der Waals surface area contributed by atoms with E-state index in [9.17, 15) is 14.9 Å². The highest BCUT2D eigenvalue weighted by Gasteiger charge is 2.24. The van der Waals surface area contributed by atoms with Gasteiger partial charge in [-0.2, -0.15) is 0 Å². The maximum atomic E-state index is 12.2. The summed E-state index contributed by atoms with van der Waals surface area (Å²) in [6.45, 7) is 1.97. The molecule has 1 aliphatic heterocycles. The number of nitro groups is 1. The zero-order valence-electron chi connectivity index (χ0n) is 15.1. The molecule has 27 heavy (non-hydrogen) atoms. The predicted molar refractivity (Wildman–Crippen MR) is 109 cm³/mol. The van der Waals surface area contributed by atoms with Gasteiger partial charge in [-0.1, -0.05) is 18.2 Å². The van der Waals surface area contributed by atoms with Crippen LogP contribution in [-0.2, 0) is 4.79 Å². The van der Waals surface area contributed by atoms with Crippen molar-refractivity contribution < 1.29 is 9.72 Å². The molecule has 0 saturated carbocycles. The third-order valence-corrected chi connectivity index (χ3v) is 4.77. The molecule has 1 heterocycles. The molecule has 0 aromatic heterocycles. The van der Waals surface area contributed by atoms with Crippen LogP contribution in [0.2, 0.25) is 0 Å². The minimum absolute atomic E-state index is 0.00796. The van der Waals surface area contributed by atoms with Crippen LogP contribution in [0, 0.1) is 17.0 Å². The fourth-order valence-electron chi connectivity index (χ4n) is 2.60. The maximum absolute atomic E-state index is 12.2. The number of carbonyl (C=O) groups excluding carboxylic acids is 1. The molecule has 0 aliphatic carbocycles. The first-order valence-corrected chi connectivity index (χ1v) is 8.97. The predicted octanol–water partition coefficient (Wildman–Crippen LogP) is 3.86. The summed E-state index contributed by atoms with van der Waals surface area (Å²) >= 11 is 1.21. The van der Waals surface area contributed by atoms with Gasteiger partial charge in [-0.05, 0) is 54.1 Å². The summed E-state index contributed by atoms with van der Waals surface area (Å²) in [5, 5.41) is 14.5. The summed E-state index contributed by atoms with van der Waals surface area (Å²) in [6, 6.07) is 12.5. The van der Waals surface area contributed by atoms with Crippen LogP contribution in [-0.4, -0.2) is 30.1 Å². The summed E-state index contributed by atoms with van der Waals surface area (Å²) in [5.74, 6) is -0.272. The molecule has 0 spiro atoms. The average Bonchev–Trinajstić information content (AvgIpc) is 2.93. The molecule has 1 fully saturated rings. The van der Waals surface area contributed by atoms with E-state index in [4.69, 9.17) is 0 Å². The second kappa shape index (κ2) is 7.63. The molecule has 0 atom stereocenters. The van der Waals surface area contributed by atoms with Crippen molar-refractivity contribution >= 4 is 46.0 Å². The van der Waals surface area contributed by atoms with E-state index in [2.05, 4.69) is 10.3 Å². The maximum Gasteiger partial charge on any atom is 0.293 e. The van der Waals surface area contributed by atoms with Gasteiger partial charge >= 0.3 is 0 Å². The molecular weight excluding hydrogens is 364 g/mol. The van der Waals surface area contributed by atoms with E-state index >= 15 is 0 Å². The molecule has 0 bridgehead atoms. The van der Waals surface area contributed by atoms with Crippen molar-refractivity contribution in [2.75, 3.05) is 19.0 Å². The Morgan fingerprint density at radius 2 is 2.00 bits per heavy atom. The van der Waals surface area contributed by atoms with Crippen LogP contribution in [0.25, 0.3) is 6.08 Å². The first-order valence-electron chi connectivity index (χ1n) is 8.15. The molecule has 1 N–H and O–H groups in total. The first-order chi connectivity index (χ1) is 12.8. The largest absolute Gasteiger partial charge is 0.372 e. The summed E-state index contributed by atoms with van der Waals surface area (Å²) in [6.07, 6.45) is 1.63. The van der Waals surface area contributed by atoms with Gasteiger partial charge in [0, 0.05) is 20.2 Å². The third kappa shape index (κ3) is 4.35. The number of benzene rings is 2. The Morgan fingerprint density at radius 1 is 1.22 bits per heavy atom. The van der Waals surface area contributed by atoms with Gasteiger partial charge in [0.1, 0.15) is 5.69 Å². The molecule has 138 valence electrons. The lowest BCUT2D eigenvalue weighted by atomic mass is 10.1. The number of thioether (sulfide) groups is 1. The number of rotatable bonds is 4. The van der Waals surface area contributed by atoms with Gasteiger partial charge in [0.15, 0.2) is 5.17 Å². The van der Waals surface area contributed by atoms with Gasteiger partial charge in [-0.25, -0.2) is 4.99 Å². The van der Waals surface area contributed by atoms with Crippen molar-refractivity contribution in [1.82, 2.24) is 5.32 Å². The number of anilines is 1. The fraction of sp³-hybridized carbons (Fsp3) is 0.158. The Bertz CT molecular complexity index is 983. The van der Waals surface area contributed by atoms with E-state index in [1.807, 2.05) is 31.2 Å². The standard InChI is InChI=1S/C19H18N4O3S/c1-12-5-4-6-14(9-12)20-19-21-18(24)17(27-19)11-13-7-8-15(22(2)3)16(10-13)23(25)26/h4-11H,1-3H3,(H,20,21,24). The van der Waals surface area contributed by atoms with Crippen LogP contribution < -0.4 is 10.2 Å². The average molecular weight is 382 g/mol. The number of aryl methyl sites for hydroxylation is 1. The molecule has 0 radical (unpaired) electrons. The van der Waals surface area contributed by atoms with E-state index in [1.54, 1.807) is 37.2 Å². The smallest absolute Gasteiger partial charge is 0.293 e.